The summed E-state index contributed by atoms with van der Waals surface area (Å²) in [4.78, 5) is 21.7. The zero-order chi connectivity index (χ0) is 11.9. The number of nitrogens with one attached hydrogen (secondary N) is 1. The molecule has 6 nitrogen and oxygen atoms in total. The van der Waals surface area contributed by atoms with E-state index in [2.05, 4.69) is 5.32 Å². The molecule has 0 aliphatic carbocycles. The van der Waals surface area contributed by atoms with Gasteiger partial charge in [0.2, 0.25) is 0 Å². The second kappa shape index (κ2) is 3.19. The Morgan fingerprint density at radius 3 is 2.75 bits per heavy atom. The fourth-order valence-electron chi connectivity index (χ4n) is 1.54. The Morgan fingerprint density at radius 1 is 1.44 bits per heavy atom. The Hall–Kier alpha value is -2.11. The van der Waals surface area contributed by atoms with Gasteiger partial charge < -0.3 is 10.1 Å². The van der Waals surface area contributed by atoms with Gasteiger partial charge in [0.1, 0.15) is 5.75 Å². The molecule has 84 valence electrons. The molecule has 6 heteroatoms. The number of non-ortho nitro benzene ring substituents is 1. The second-order valence-electron chi connectivity index (χ2n) is 4.00. The van der Waals surface area contributed by atoms with Crippen molar-refractivity contribution >= 4 is 11.6 Å². The fourth-order valence-corrected chi connectivity index (χ4v) is 1.54. The highest BCUT2D eigenvalue weighted by atomic mass is 16.6. The standard InChI is InChI=1S/C10H10N2O4/c1-10(2)11-9(13)7-5-6(12(14)15)3-4-8(7)16-10/h3-5H,1-2H3,(H,11,13). The van der Waals surface area contributed by atoms with Gasteiger partial charge in [-0.3, -0.25) is 14.9 Å². The predicted molar refractivity (Wildman–Crippen MR) is 55.3 cm³/mol. The van der Waals surface area contributed by atoms with Gasteiger partial charge in [0.15, 0.2) is 5.72 Å². The van der Waals surface area contributed by atoms with Crippen molar-refractivity contribution in [2.45, 2.75) is 19.6 Å². The minimum atomic E-state index is -0.791. The monoisotopic (exact) mass is 222 g/mol. The summed E-state index contributed by atoms with van der Waals surface area (Å²) < 4.78 is 5.47. The lowest BCUT2D eigenvalue weighted by molar-refractivity contribution is -0.384. The van der Waals surface area contributed by atoms with Crippen LogP contribution in [0.15, 0.2) is 18.2 Å². The number of fused-ring (bicyclic) bond motifs is 1. The van der Waals surface area contributed by atoms with Crippen molar-refractivity contribution in [3.63, 3.8) is 0 Å². The average molecular weight is 222 g/mol. The van der Waals surface area contributed by atoms with E-state index < -0.39 is 10.6 Å². The van der Waals surface area contributed by atoms with Gasteiger partial charge in [-0.25, -0.2) is 0 Å². The molecule has 0 fully saturated rings. The summed E-state index contributed by atoms with van der Waals surface area (Å²) in [7, 11) is 0. The number of nitrogens with zero attached hydrogens (tertiary/aromatic N) is 1. The Morgan fingerprint density at radius 2 is 2.12 bits per heavy atom. The normalized spacial score (nSPS) is 17.0. The van der Waals surface area contributed by atoms with Crippen LogP contribution >= 0.6 is 0 Å². The van der Waals surface area contributed by atoms with E-state index in [1.54, 1.807) is 13.8 Å². The van der Waals surface area contributed by atoms with E-state index in [-0.39, 0.29) is 17.2 Å². The number of nitro groups is 1. The van der Waals surface area contributed by atoms with Crippen LogP contribution in [-0.4, -0.2) is 16.6 Å². The van der Waals surface area contributed by atoms with Crippen LogP contribution in [0.3, 0.4) is 0 Å². The lowest BCUT2D eigenvalue weighted by Crippen LogP contribution is -2.51. The van der Waals surface area contributed by atoms with Crippen molar-refractivity contribution in [3.8, 4) is 5.75 Å². The van der Waals surface area contributed by atoms with Crippen LogP contribution in [0.2, 0.25) is 0 Å². The first kappa shape index (κ1) is 10.4. The summed E-state index contributed by atoms with van der Waals surface area (Å²) in [6, 6.07) is 3.96. The van der Waals surface area contributed by atoms with Crippen LogP contribution in [0.1, 0.15) is 24.2 Å². The number of ether oxygens (including phenoxy) is 1. The molecular formula is C10H10N2O4. The predicted octanol–water partition coefficient (Wildman–Crippen LogP) is 1.45. The SMILES string of the molecule is CC1(C)NC(=O)c2cc([N+](=O)[O-])ccc2O1. The first-order valence-corrected chi connectivity index (χ1v) is 4.69. The topological polar surface area (TPSA) is 81.5 Å². The third-order valence-corrected chi connectivity index (χ3v) is 2.20. The van der Waals surface area contributed by atoms with Crippen molar-refractivity contribution in [3.05, 3.63) is 33.9 Å². The van der Waals surface area contributed by atoms with Gasteiger partial charge in [-0.05, 0) is 19.9 Å². The molecule has 0 unspecified atom stereocenters. The van der Waals surface area contributed by atoms with Gasteiger partial charge in [-0.1, -0.05) is 0 Å². The van der Waals surface area contributed by atoms with Gasteiger partial charge in [0.25, 0.3) is 11.6 Å². The molecule has 1 aromatic rings. The summed E-state index contributed by atoms with van der Waals surface area (Å²) >= 11 is 0. The first-order valence-electron chi connectivity index (χ1n) is 4.69. The largest absolute Gasteiger partial charge is 0.468 e. The van der Waals surface area contributed by atoms with Crippen LogP contribution in [0.25, 0.3) is 0 Å². The van der Waals surface area contributed by atoms with E-state index in [0.717, 1.165) is 0 Å². The van der Waals surface area contributed by atoms with Gasteiger partial charge >= 0.3 is 0 Å². The summed E-state index contributed by atoms with van der Waals surface area (Å²) in [6.07, 6.45) is 0. The zero-order valence-corrected chi connectivity index (χ0v) is 8.81. The van der Waals surface area contributed by atoms with Crippen molar-refractivity contribution in [2.24, 2.45) is 0 Å². The lowest BCUT2D eigenvalue weighted by atomic mass is 10.1. The van der Waals surface area contributed by atoms with Gasteiger partial charge in [-0.2, -0.15) is 0 Å². The van der Waals surface area contributed by atoms with Crippen LogP contribution in [0, 0.1) is 10.1 Å². The number of carbonyl (C=O) groups excluding carboxylic acids is 1. The van der Waals surface area contributed by atoms with Crippen molar-refractivity contribution in [1.82, 2.24) is 5.32 Å². The Labute approximate surface area is 91.4 Å². The highest BCUT2D eigenvalue weighted by Crippen LogP contribution is 2.30. The molecule has 0 aromatic heterocycles. The second-order valence-corrected chi connectivity index (χ2v) is 4.00. The van der Waals surface area contributed by atoms with Crippen molar-refractivity contribution in [2.75, 3.05) is 0 Å². The average Bonchev–Trinajstić information content (AvgIpc) is 2.15. The van der Waals surface area contributed by atoms with Crippen molar-refractivity contribution < 1.29 is 14.5 Å². The molecule has 0 saturated carbocycles. The highest BCUT2D eigenvalue weighted by Gasteiger charge is 2.32. The van der Waals surface area contributed by atoms with E-state index in [0.29, 0.717) is 5.75 Å². The molecule has 0 atom stereocenters. The molecule has 1 N–H and O–H groups in total. The molecule has 0 radical (unpaired) electrons. The van der Waals surface area contributed by atoms with Crippen LogP contribution < -0.4 is 10.1 Å². The smallest absolute Gasteiger partial charge is 0.270 e. The maximum absolute atomic E-state index is 11.7. The minimum Gasteiger partial charge on any atom is -0.468 e. The third kappa shape index (κ3) is 1.69. The molecule has 1 amide bonds. The molecule has 1 aliphatic heterocycles. The molecule has 1 aliphatic rings. The van der Waals surface area contributed by atoms with Crippen LogP contribution in [0.4, 0.5) is 5.69 Å². The minimum absolute atomic E-state index is 0.128. The molecule has 0 saturated heterocycles. The van der Waals surface area contributed by atoms with Gasteiger partial charge in [0, 0.05) is 12.1 Å². The van der Waals surface area contributed by atoms with Crippen molar-refractivity contribution in [1.29, 1.82) is 0 Å². The number of amides is 1. The Kier molecular flexibility index (Phi) is 2.08. The Bertz CT molecular complexity index is 482. The maximum Gasteiger partial charge on any atom is 0.270 e. The van der Waals surface area contributed by atoms with Crippen LogP contribution in [-0.2, 0) is 0 Å². The number of nitro benzene ring substituents is 1. The van der Waals surface area contributed by atoms with Gasteiger partial charge in [0.05, 0.1) is 10.5 Å². The van der Waals surface area contributed by atoms with E-state index in [1.807, 2.05) is 0 Å². The maximum atomic E-state index is 11.7. The van der Waals surface area contributed by atoms with E-state index >= 15 is 0 Å². The molecular weight excluding hydrogens is 212 g/mol. The quantitative estimate of drug-likeness (QED) is 0.576. The van der Waals surface area contributed by atoms with Crippen LogP contribution in [0.5, 0.6) is 5.75 Å². The summed E-state index contributed by atoms with van der Waals surface area (Å²) in [5, 5.41) is 13.1. The number of hydrogen-bond acceptors (Lipinski definition) is 4. The number of rotatable bonds is 1. The third-order valence-electron chi connectivity index (χ3n) is 2.20. The molecule has 16 heavy (non-hydrogen) atoms. The lowest BCUT2D eigenvalue weighted by Gasteiger charge is -2.32. The number of carbonyl (C=O) groups is 1. The Balaban J connectivity index is 2.49. The summed E-state index contributed by atoms with van der Waals surface area (Å²) in [6.45, 7) is 3.41. The summed E-state index contributed by atoms with van der Waals surface area (Å²) in [5.74, 6) is -0.00528. The number of hydrogen-bond donors (Lipinski definition) is 1. The molecule has 1 aromatic carbocycles. The van der Waals surface area contributed by atoms with E-state index in [1.165, 1.54) is 18.2 Å². The van der Waals surface area contributed by atoms with E-state index in [9.17, 15) is 14.9 Å². The molecule has 1 heterocycles. The highest BCUT2D eigenvalue weighted by molar-refractivity contribution is 5.98. The molecule has 0 spiro atoms. The number of benzene rings is 1. The summed E-state index contributed by atoms with van der Waals surface area (Å²) in [5.41, 5.74) is -0.731. The fraction of sp³-hybridized carbons (Fsp3) is 0.300. The molecule has 0 bridgehead atoms. The van der Waals surface area contributed by atoms with E-state index in [4.69, 9.17) is 4.74 Å². The molecule has 2 rings (SSSR count). The first-order chi connectivity index (χ1) is 7.39. The zero-order valence-electron chi connectivity index (χ0n) is 8.81. The van der Waals surface area contributed by atoms with Gasteiger partial charge in [-0.15, -0.1) is 0 Å².